The number of hydrogen-bond acceptors (Lipinski definition) is 6. The Bertz CT molecular complexity index is 1240. The van der Waals surface area contributed by atoms with Crippen LogP contribution in [-0.2, 0) is 10.0 Å². The standard InChI is InChI=1S/C21H21Cl2F2N5O2S/c1-26-7-8-30(2)19-9-13(22)3-5-17(19)28-18-11-16(25)20(10-15(18)23)33(31,32)29-21-6-4-14(24)12-27-21/h3-6,9-12,26,28H,7-8H2,1-2H3,(H,27,29). The van der Waals surface area contributed by atoms with E-state index in [-0.39, 0.29) is 16.5 Å². The molecule has 1 aromatic heterocycles. The third-order valence-corrected chi connectivity index (χ3v) is 6.53. The molecule has 1 heterocycles. The Labute approximate surface area is 200 Å². The average Bonchev–Trinajstić information content (AvgIpc) is 2.76. The minimum absolute atomic E-state index is 0.0254. The van der Waals surface area contributed by atoms with E-state index in [1.165, 1.54) is 0 Å². The maximum absolute atomic E-state index is 14.8. The highest BCUT2D eigenvalue weighted by Gasteiger charge is 2.23. The van der Waals surface area contributed by atoms with Gasteiger partial charge in [0, 0.05) is 31.2 Å². The van der Waals surface area contributed by atoms with Gasteiger partial charge in [-0.2, -0.15) is 0 Å². The zero-order valence-corrected chi connectivity index (χ0v) is 20.0. The third-order valence-electron chi connectivity index (χ3n) is 4.61. The molecule has 33 heavy (non-hydrogen) atoms. The molecule has 0 radical (unpaired) electrons. The van der Waals surface area contributed by atoms with Crippen LogP contribution in [-0.4, -0.2) is 40.6 Å². The number of hydrogen-bond donors (Lipinski definition) is 3. The number of pyridine rings is 1. The normalized spacial score (nSPS) is 11.3. The maximum Gasteiger partial charge on any atom is 0.266 e. The molecule has 2 aromatic carbocycles. The summed E-state index contributed by atoms with van der Waals surface area (Å²) in [7, 11) is -0.648. The summed E-state index contributed by atoms with van der Waals surface area (Å²) in [6.45, 7) is 1.40. The van der Waals surface area contributed by atoms with Gasteiger partial charge in [-0.3, -0.25) is 4.72 Å². The van der Waals surface area contributed by atoms with E-state index in [9.17, 15) is 17.2 Å². The number of nitrogens with zero attached hydrogens (tertiary/aromatic N) is 2. The van der Waals surface area contributed by atoms with Crippen molar-refractivity contribution >= 4 is 56.1 Å². The van der Waals surface area contributed by atoms with Crippen molar-refractivity contribution in [1.82, 2.24) is 10.3 Å². The smallest absolute Gasteiger partial charge is 0.266 e. The van der Waals surface area contributed by atoms with Gasteiger partial charge in [-0.25, -0.2) is 22.2 Å². The molecule has 0 bridgehead atoms. The highest BCUT2D eigenvalue weighted by Crippen LogP contribution is 2.35. The molecule has 3 rings (SSSR count). The minimum Gasteiger partial charge on any atom is -0.372 e. The van der Waals surface area contributed by atoms with E-state index in [0.717, 1.165) is 42.7 Å². The van der Waals surface area contributed by atoms with E-state index in [4.69, 9.17) is 23.2 Å². The molecule has 7 nitrogen and oxygen atoms in total. The Morgan fingerprint density at radius 1 is 1.06 bits per heavy atom. The van der Waals surface area contributed by atoms with Crippen molar-refractivity contribution in [2.24, 2.45) is 0 Å². The van der Waals surface area contributed by atoms with E-state index in [1.807, 2.05) is 19.0 Å². The lowest BCUT2D eigenvalue weighted by Crippen LogP contribution is -2.27. The number of sulfonamides is 1. The van der Waals surface area contributed by atoms with Gasteiger partial charge < -0.3 is 15.5 Å². The molecule has 0 unspecified atom stereocenters. The molecule has 0 saturated heterocycles. The highest BCUT2D eigenvalue weighted by molar-refractivity contribution is 7.92. The molecule has 3 N–H and O–H groups in total. The van der Waals surface area contributed by atoms with Gasteiger partial charge in [0.05, 0.1) is 28.3 Å². The first-order valence-electron chi connectivity index (χ1n) is 9.66. The molecule has 12 heteroatoms. The summed E-state index contributed by atoms with van der Waals surface area (Å²) in [5.41, 5.74) is 1.51. The summed E-state index contributed by atoms with van der Waals surface area (Å²) in [5, 5.41) is 6.59. The number of rotatable bonds is 9. The number of nitrogens with one attached hydrogen (secondary N) is 3. The first-order valence-corrected chi connectivity index (χ1v) is 11.9. The second-order valence-electron chi connectivity index (χ2n) is 7.04. The van der Waals surface area contributed by atoms with Crippen molar-refractivity contribution in [2.75, 3.05) is 42.1 Å². The fourth-order valence-electron chi connectivity index (χ4n) is 2.93. The molecule has 176 valence electrons. The van der Waals surface area contributed by atoms with E-state index in [0.29, 0.717) is 17.3 Å². The van der Waals surface area contributed by atoms with Gasteiger partial charge >= 0.3 is 0 Å². The van der Waals surface area contributed by atoms with Crippen molar-refractivity contribution in [2.45, 2.75) is 4.90 Å². The molecule has 3 aromatic rings. The van der Waals surface area contributed by atoms with Gasteiger partial charge in [0.15, 0.2) is 0 Å². The first kappa shape index (κ1) is 25.0. The molecule has 0 spiro atoms. The molecule has 0 aliphatic rings. The van der Waals surface area contributed by atoms with Gasteiger partial charge in [0.25, 0.3) is 10.0 Å². The number of halogens is 4. The molecular formula is C21H21Cl2F2N5O2S. The van der Waals surface area contributed by atoms with Crippen LogP contribution in [0.1, 0.15) is 0 Å². The van der Waals surface area contributed by atoms with Crippen LogP contribution in [0, 0.1) is 11.6 Å². The predicted molar refractivity (Wildman–Crippen MR) is 128 cm³/mol. The van der Waals surface area contributed by atoms with Gasteiger partial charge in [0.1, 0.15) is 22.3 Å². The van der Waals surface area contributed by atoms with Crippen molar-refractivity contribution in [1.29, 1.82) is 0 Å². The molecule has 0 fully saturated rings. The van der Waals surface area contributed by atoms with Crippen molar-refractivity contribution < 1.29 is 17.2 Å². The second kappa shape index (κ2) is 10.5. The second-order valence-corrected chi connectivity index (χ2v) is 9.54. The zero-order valence-electron chi connectivity index (χ0n) is 17.7. The van der Waals surface area contributed by atoms with Crippen molar-refractivity contribution in [3.63, 3.8) is 0 Å². The number of likely N-dealkylation sites (N-methyl/N-ethyl adjacent to an activating group) is 2. The van der Waals surface area contributed by atoms with E-state index >= 15 is 0 Å². The van der Waals surface area contributed by atoms with E-state index in [1.54, 1.807) is 18.2 Å². The van der Waals surface area contributed by atoms with E-state index < -0.39 is 26.6 Å². The quantitative estimate of drug-likeness (QED) is 0.377. The third kappa shape index (κ3) is 6.23. The van der Waals surface area contributed by atoms with Crippen LogP contribution in [0.25, 0.3) is 0 Å². The fourth-order valence-corrected chi connectivity index (χ4v) is 4.47. The summed E-state index contributed by atoms with van der Waals surface area (Å²) in [6.07, 6.45) is 0.839. The molecular weight excluding hydrogens is 495 g/mol. The molecule has 0 saturated carbocycles. The lowest BCUT2D eigenvalue weighted by Gasteiger charge is -2.23. The summed E-state index contributed by atoms with van der Waals surface area (Å²) in [4.78, 5) is 4.89. The lowest BCUT2D eigenvalue weighted by molar-refractivity contribution is 0.570. The fraction of sp³-hybridized carbons (Fsp3) is 0.190. The van der Waals surface area contributed by atoms with Crippen LogP contribution in [0.2, 0.25) is 10.0 Å². The van der Waals surface area contributed by atoms with Crippen LogP contribution < -0.4 is 20.3 Å². The minimum atomic E-state index is -4.36. The highest BCUT2D eigenvalue weighted by atomic mass is 35.5. The Hall–Kier alpha value is -2.66. The topological polar surface area (TPSA) is 86.4 Å². The number of benzene rings is 2. The Balaban J connectivity index is 1.90. The SMILES string of the molecule is CNCCN(C)c1cc(Cl)ccc1Nc1cc(F)c(S(=O)(=O)Nc2ccc(F)cn2)cc1Cl. The number of anilines is 4. The first-order chi connectivity index (χ1) is 15.6. The summed E-state index contributed by atoms with van der Waals surface area (Å²) in [6, 6.07) is 9.26. The maximum atomic E-state index is 14.8. The Morgan fingerprint density at radius 3 is 2.48 bits per heavy atom. The summed E-state index contributed by atoms with van der Waals surface area (Å²) < 4.78 is 55.2. The number of aromatic nitrogens is 1. The Kier molecular flexibility index (Phi) is 7.96. The van der Waals surface area contributed by atoms with Gasteiger partial charge in [-0.05, 0) is 43.4 Å². The van der Waals surface area contributed by atoms with Crippen LogP contribution in [0.15, 0.2) is 53.6 Å². The van der Waals surface area contributed by atoms with Crippen LogP contribution >= 0.6 is 23.2 Å². The lowest BCUT2D eigenvalue weighted by atomic mass is 10.2. The van der Waals surface area contributed by atoms with Crippen LogP contribution in [0.4, 0.5) is 31.7 Å². The molecule has 0 aliphatic heterocycles. The summed E-state index contributed by atoms with van der Waals surface area (Å²) in [5.74, 6) is -1.83. The predicted octanol–water partition coefficient (Wildman–Crippen LogP) is 4.87. The van der Waals surface area contributed by atoms with Crippen LogP contribution in [0.5, 0.6) is 0 Å². The molecule has 0 amide bonds. The van der Waals surface area contributed by atoms with Gasteiger partial charge in [0.2, 0.25) is 0 Å². The summed E-state index contributed by atoms with van der Waals surface area (Å²) >= 11 is 12.4. The van der Waals surface area contributed by atoms with Crippen molar-refractivity contribution in [3.05, 3.63) is 70.3 Å². The van der Waals surface area contributed by atoms with E-state index in [2.05, 4.69) is 20.3 Å². The zero-order chi connectivity index (χ0) is 24.2. The monoisotopic (exact) mass is 515 g/mol. The largest absolute Gasteiger partial charge is 0.372 e. The van der Waals surface area contributed by atoms with Gasteiger partial charge in [-0.15, -0.1) is 0 Å². The molecule has 0 atom stereocenters. The Morgan fingerprint density at radius 2 is 1.82 bits per heavy atom. The van der Waals surface area contributed by atoms with Crippen molar-refractivity contribution in [3.8, 4) is 0 Å². The van der Waals surface area contributed by atoms with Gasteiger partial charge in [-0.1, -0.05) is 23.2 Å². The average molecular weight is 516 g/mol. The van der Waals surface area contributed by atoms with Crippen LogP contribution in [0.3, 0.4) is 0 Å². The molecule has 0 aliphatic carbocycles.